The average molecular weight is 401 g/mol. The van der Waals surface area contributed by atoms with Crippen LogP contribution < -0.4 is 10.9 Å². The molecular weight excluding hydrogens is 382 g/mol. The van der Waals surface area contributed by atoms with E-state index >= 15 is 0 Å². The van der Waals surface area contributed by atoms with E-state index in [1.165, 1.54) is 28.0 Å². The van der Waals surface area contributed by atoms with Crippen molar-refractivity contribution in [3.05, 3.63) is 82.4 Å². The lowest BCUT2D eigenvalue weighted by Gasteiger charge is -2.15. The van der Waals surface area contributed by atoms with Crippen LogP contribution in [-0.2, 0) is 24.1 Å². The zero-order valence-corrected chi connectivity index (χ0v) is 16.4. The van der Waals surface area contributed by atoms with Gasteiger partial charge in [0.1, 0.15) is 0 Å². The Morgan fingerprint density at radius 3 is 2.69 bits per heavy atom. The number of carbonyl (C=O) groups excluding carboxylic acids is 2. The van der Waals surface area contributed by atoms with E-state index in [9.17, 15) is 9.59 Å². The van der Waals surface area contributed by atoms with Crippen LogP contribution in [0.4, 0.5) is 0 Å². The SMILES string of the molecule is O=C(Cc1c[nH]c2ccccc12)NNC(=O)c1cc2c(s1)-c1ccccc1CC2. The van der Waals surface area contributed by atoms with Gasteiger partial charge in [0.2, 0.25) is 5.91 Å². The third kappa shape index (κ3) is 3.32. The molecule has 2 amide bonds. The number of carbonyl (C=O) groups is 2. The van der Waals surface area contributed by atoms with Gasteiger partial charge in [-0.2, -0.15) is 0 Å². The molecule has 2 aromatic heterocycles. The van der Waals surface area contributed by atoms with Gasteiger partial charge in [-0.05, 0) is 47.2 Å². The number of hydrazine groups is 1. The van der Waals surface area contributed by atoms with Crippen molar-refractivity contribution in [2.24, 2.45) is 0 Å². The Bertz CT molecular complexity index is 1240. The standard InChI is InChI=1S/C23H19N3O2S/c27-21(12-16-13-24-19-8-4-3-6-17(16)19)25-26-23(28)20-11-15-10-9-14-5-1-2-7-18(14)22(15)29-20/h1-8,11,13,24H,9-10,12H2,(H,25,27)(H,26,28). The number of amides is 2. The molecule has 144 valence electrons. The van der Waals surface area contributed by atoms with Gasteiger partial charge in [-0.25, -0.2) is 0 Å². The average Bonchev–Trinajstić information content (AvgIpc) is 3.37. The first-order valence-electron chi connectivity index (χ1n) is 9.54. The van der Waals surface area contributed by atoms with Crippen LogP contribution in [0.15, 0.2) is 60.8 Å². The summed E-state index contributed by atoms with van der Waals surface area (Å²) in [6.45, 7) is 0. The van der Waals surface area contributed by atoms with E-state index in [4.69, 9.17) is 0 Å². The van der Waals surface area contributed by atoms with E-state index in [-0.39, 0.29) is 18.2 Å². The molecule has 0 saturated heterocycles. The minimum atomic E-state index is -0.283. The highest BCUT2D eigenvalue weighted by Crippen LogP contribution is 2.39. The first-order valence-corrected chi connectivity index (χ1v) is 10.4. The Morgan fingerprint density at radius 2 is 1.76 bits per heavy atom. The molecule has 0 saturated carbocycles. The number of aromatic nitrogens is 1. The molecule has 1 aliphatic rings. The Balaban J connectivity index is 1.26. The van der Waals surface area contributed by atoms with Gasteiger partial charge >= 0.3 is 0 Å². The fraction of sp³-hybridized carbons (Fsp3) is 0.130. The molecule has 2 heterocycles. The lowest BCUT2D eigenvalue weighted by Crippen LogP contribution is -2.42. The van der Waals surface area contributed by atoms with Gasteiger partial charge in [0, 0.05) is 22.0 Å². The molecule has 4 aromatic rings. The number of fused-ring (bicyclic) bond motifs is 4. The number of benzene rings is 2. The maximum absolute atomic E-state index is 12.6. The molecule has 0 unspecified atom stereocenters. The first kappa shape index (κ1) is 17.7. The predicted octanol–water partition coefficient (Wildman–Crippen LogP) is 4.00. The second-order valence-electron chi connectivity index (χ2n) is 7.16. The fourth-order valence-corrected chi connectivity index (χ4v) is 5.03. The highest BCUT2D eigenvalue weighted by Gasteiger charge is 2.21. The van der Waals surface area contributed by atoms with Crippen molar-refractivity contribution in [2.45, 2.75) is 19.3 Å². The number of thiophene rings is 1. The highest BCUT2D eigenvalue weighted by atomic mass is 32.1. The van der Waals surface area contributed by atoms with Crippen molar-refractivity contribution in [1.29, 1.82) is 0 Å². The maximum Gasteiger partial charge on any atom is 0.279 e. The van der Waals surface area contributed by atoms with Crippen LogP contribution in [0.5, 0.6) is 0 Å². The van der Waals surface area contributed by atoms with Crippen LogP contribution in [0.1, 0.15) is 26.4 Å². The van der Waals surface area contributed by atoms with Crippen LogP contribution in [0.3, 0.4) is 0 Å². The fourth-order valence-electron chi connectivity index (χ4n) is 3.87. The molecule has 0 atom stereocenters. The number of rotatable bonds is 3. The number of aryl methyl sites for hydroxylation is 2. The van der Waals surface area contributed by atoms with Crippen molar-refractivity contribution in [3.8, 4) is 10.4 Å². The van der Waals surface area contributed by atoms with E-state index in [2.05, 4.69) is 28.0 Å². The quantitative estimate of drug-likeness (QED) is 0.454. The lowest BCUT2D eigenvalue weighted by atomic mass is 9.91. The maximum atomic E-state index is 12.6. The second-order valence-corrected chi connectivity index (χ2v) is 8.21. The van der Waals surface area contributed by atoms with E-state index in [1.807, 2.05) is 48.7 Å². The Hall–Kier alpha value is -3.38. The van der Waals surface area contributed by atoms with E-state index in [0.29, 0.717) is 4.88 Å². The Morgan fingerprint density at radius 1 is 0.966 bits per heavy atom. The minimum Gasteiger partial charge on any atom is -0.361 e. The smallest absolute Gasteiger partial charge is 0.279 e. The predicted molar refractivity (Wildman–Crippen MR) is 115 cm³/mol. The molecule has 0 bridgehead atoms. The normalized spacial score (nSPS) is 12.3. The molecule has 6 heteroatoms. The molecule has 5 rings (SSSR count). The summed E-state index contributed by atoms with van der Waals surface area (Å²) >= 11 is 1.48. The number of H-pyrrole nitrogens is 1. The summed E-state index contributed by atoms with van der Waals surface area (Å²) in [6, 6.07) is 18.1. The van der Waals surface area contributed by atoms with Crippen LogP contribution in [-0.4, -0.2) is 16.8 Å². The highest BCUT2D eigenvalue weighted by molar-refractivity contribution is 7.17. The summed E-state index contributed by atoms with van der Waals surface area (Å²) in [7, 11) is 0. The van der Waals surface area contributed by atoms with Gasteiger partial charge in [0.15, 0.2) is 0 Å². The van der Waals surface area contributed by atoms with Crippen molar-refractivity contribution in [3.63, 3.8) is 0 Å². The van der Waals surface area contributed by atoms with Gasteiger partial charge in [0.05, 0.1) is 11.3 Å². The van der Waals surface area contributed by atoms with Gasteiger partial charge in [0.25, 0.3) is 5.91 Å². The number of nitrogens with one attached hydrogen (secondary N) is 3. The monoisotopic (exact) mass is 401 g/mol. The molecule has 0 fully saturated rings. The zero-order chi connectivity index (χ0) is 19.8. The topological polar surface area (TPSA) is 74.0 Å². The van der Waals surface area contributed by atoms with Crippen LogP contribution in [0, 0.1) is 0 Å². The minimum absolute atomic E-state index is 0.193. The summed E-state index contributed by atoms with van der Waals surface area (Å²) in [5.74, 6) is -0.538. The van der Waals surface area contributed by atoms with E-state index in [0.717, 1.165) is 34.2 Å². The molecule has 29 heavy (non-hydrogen) atoms. The van der Waals surface area contributed by atoms with Crippen LogP contribution >= 0.6 is 11.3 Å². The van der Waals surface area contributed by atoms with Gasteiger partial charge in [-0.15, -0.1) is 11.3 Å². The molecule has 0 aliphatic heterocycles. The molecule has 1 aliphatic carbocycles. The molecule has 0 spiro atoms. The zero-order valence-electron chi connectivity index (χ0n) is 15.6. The van der Waals surface area contributed by atoms with Crippen LogP contribution in [0.25, 0.3) is 21.3 Å². The number of hydrogen-bond acceptors (Lipinski definition) is 3. The summed E-state index contributed by atoms with van der Waals surface area (Å²) in [5.41, 5.74) is 10.7. The lowest BCUT2D eigenvalue weighted by molar-refractivity contribution is -0.121. The molecule has 5 nitrogen and oxygen atoms in total. The molecule has 3 N–H and O–H groups in total. The largest absolute Gasteiger partial charge is 0.361 e. The first-order chi connectivity index (χ1) is 14.2. The number of aromatic amines is 1. The second kappa shape index (κ2) is 7.22. The van der Waals surface area contributed by atoms with Gasteiger partial charge < -0.3 is 4.98 Å². The van der Waals surface area contributed by atoms with Crippen molar-refractivity contribution >= 4 is 34.1 Å². The number of para-hydroxylation sites is 1. The molecule has 0 radical (unpaired) electrons. The Labute approximate surface area is 171 Å². The summed E-state index contributed by atoms with van der Waals surface area (Å²) in [4.78, 5) is 29.8. The molecular formula is C23H19N3O2S. The summed E-state index contributed by atoms with van der Waals surface area (Å²) in [5, 5.41) is 1.01. The van der Waals surface area contributed by atoms with E-state index in [1.54, 1.807) is 0 Å². The van der Waals surface area contributed by atoms with Crippen molar-refractivity contribution in [2.75, 3.05) is 0 Å². The molecule has 2 aromatic carbocycles. The van der Waals surface area contributed by atoms with Gasteiger partial charge in [-0.1, -0.05) is 42.5 Å². The van der Waals surface area contributed by atoms with Gasteiger partial charge in [-0.3, -0.25) is 20.4 Å². The third-order valence-electron chi connectivity index (χ3n) is 5.30. The number of hydrogen-bond donors (Lipinski definition) is 3. The Kier molecular flexibility index (Phi) is 4.41. The summed E-state index contributed by atoms with van der Waals surface area (Å²) in [6.07, 6.45) is 3.95. The van der Waals surface area contributed by atoms with Crippen molar-refractivity contribution < 1.29 is 9.59 Å². The van der Waals surface area contributed by atoms with Crippen molar-refractivity contribution in [1.82, 2.24) is 15.8 Å². The van der Waals surface area contributed by atoms with E-state index < -0.39 is 0 Å². The van der Waals surface area contributed by atoms with Crippen LogP contribution in [0.2, 0.25) is 0 Å². The summed E-state index contributed by atoms with van der Waals surface area (Å²) < 4.78 is 0. The third-order valence-corrected chi connectivity index (χ3v) is 6.51.